The van der Waals surface area contributed by atoms with E-state index in [1.165, 1.54) is 5.56 Å². The molecule has 0 amide bonds. The summed E-state index contributed by atoms with van der Waals surface area (Å²) in [5.41, 5.74) is 110. The third-order valence-corrected chi connectivity index (χ3v) is 13.2. The highest BCUT2D eigenvalue weighted by atomic mass is 16.5. The van der Waals surface area contributed by atoms with Crippen LogP contribution in [0.2, 0.25) is 0 Å². The highest BCUT2D eigenvalue weighted by Crippen LogP contribution is 2.26. The normalized spacial score (nSPS) is 12.9. The van der Waals surface area contributed by atoms with Crippen molar-refractivity contribution in [3.63, 3.8) is 0 Å². The van der Waals surface area contributed by atoms with Crippen molar-refractivity contribution in [3.8, 4) is 5.75 Å². The summed E-state index contributed by atoms with van der Waals surface area (Å²) in [7, 11) is 1.59. The number of anilines is 14. The summed E-state index contributed by atoms with van der Waals surface area (Å²) in [5, 5.41) is 3.24. The van der Waals surface area contributed by atoms with Gasteiger partial charge in [-0.2, -0.15) is 15.0 Å². The first kappa shape index (κ1) is 72.5. The van der Waals surface area contributed by atoms with Crippen molar-refractivity contribution >= 4 is 80.4 Å². The second-order valence-electron chi connectivity index (χ2n) is 20.5. The zero-order valence-corrected chi connectivity index (χ0v) is 51.2. The highest BCUT2D eigenvalue weighted by molar-refractivity contribution is 5.68. The second-order valence-corrected chi connectivity index (χ2v) is 20.5. The summed E-state index contributed by atoms with van der Waals surface area (Å²) in [5.74, 6) is 0.853. The van der Waals surface area contributed by atoms with Crippen LogP contribution in [-0.2, 0) is 13.1 Å². The van der Waals surface area contributed by atoms with Crippen LogP contribution in [0.3, 0.4) is 0 Å². The summed E-state index contributed by atoms with van der Waals surface area (Å²) >= 11 is 0. The Kier molecular flexibility index (Phi) is 32.2. The molecule has 0 saturated carbocycles. The van der Waals surface area contributed by atoms with Gasteiger partial charge in [0, 0.05) is 95.5 Å². The molecule has 466 valence electrons. The first-order valence-electron chi connectivity index (χ1n) is 27.8. The lowest BCUT2D eigenvalue weighted by molar-refractivity contribution is 0.327. The van der Waals surface area contributed by atoms with E-state index in [0.717, 1.165) is 136 Å². The van der Waals surface area contributed by atoms with E-state index in [2.05, 4.69) is 55.5 Å². The van der Waals surface area contributed by atoms with Gasteiger partial charge in [-0.25, -0.2) is 0 Å². The first-order valence-corrected chi connectivity index (χ1v) is 27.8. The van der Waals surface area contributed by atoms with E-state index in [4.69, 9.17) is 102 Å². The van der Waals surface area contributed by atoms with Crippen molar-refractivity contribution < 1.29 is 4.74 Å². The number of hydrogen-bond donors (Lipinski definition) is 18. The SMILES string of the molecule is COc1ccc(N)c(N)c1.Cc1cc(C)c(N)c(C)c1N.Cc1cc(N)c(C)cc1N.Cc1ccc(N)cc1N.NC1CCN(Cc2ccccc2)C1.NC1CCNCC1.NCc1ccccc1N.Nc1cccc(N)c1.Nc1nc(N)nc(N)n1. The van der Waals surface area contributed by atoms with Crippen molar-refractivity contribution in [1.29, 1.82) is 0 Å². The van der Waals surface area contributed by atoms with Crippen molar-refractivity contribution in [3.05, 3.63) is 178 Å². The van der Waals surface area contributed by atoms with Gasteiger partial charge in [0.2, 0.25) is 17.8 Å². The van der Waals surface area contributed by atoms with E-state index in [1.54, 1.807) is 49.6 Å². The van der Waals surface area contributed by atoms with Gasteiger partial charge in [-0.3, -0.25) is 4.90 Å². The number of rotatable bonds is 4. The van der Waals surface area contributed by atoms with Crippen LogP contribution >= 0.6 is 0 Å². The maximum Gasteiger partial charge on any atom is 0.226 e. The molecule has 2 fully saturated rings. The molecule has 2 aliphatic rings. The minimum Gasteiger partial charge on any atom is -0.497 e. The first-order chi connectivity index (χ1) is 40.6. The molecular formula is C63H98N22O. The molecule has 8 aromatic rings. The molecule has 1 unspecified atom stereocenters. The monoisotopic (exact) mass is 1180 g/mol. The second kappa shape index (κ2) is 38.3. The topological polar surface area (TPSA) is 506 Å². The van der Waals surface area contributed by atoms with Gasteiger partial charge < -0.3 is 108 Å². The molecule has 1 aromatic heterocycles. The van der Waals surface area contributed by atoms with Gasteiger partial charge in [-0.05, 0) is 179 Å². The number of nitrogens with one attached hydrogen (secondary N) is 1. The summed E-state index contributed by atoms with van der Waals surface area (Å²) < 4.78 is 4.91. The summed E-state index contributed by atoms with van der Waals surface area (Å²) in [4.78, 5) is 12.9. The smallest absolute Gasteiger partial charge is 0.226 e. The molecule has 23 nitrogen and oxygen atoms in total. The fraction of sp³-hybridized carbons (Fsp3) is 0.286. The van der Waals surface area contributed by atoms with Gasteiger partial charge in [0.1, 0.15) is 5.75 Å². The molecule has 0 radical (unpaired) electrons. The molecule has 2 aliphatic heterocycles. The molecule has 23 heteroatoms. The van der Waals surface area contributed by atoms with Crippen LogP contribution in [0, 0.1) is 41.5 Å². The van der Waals surface area contributed by atoms with Crippen molar-refractivity contribution in [2.45, 2.75) is 86.0 Å². The minimum atomic E-state index is 0.0417. The van der Waals surface area contributed by atoms with Crippen molar-refractivity contribution in [2.75, 3.05) is 114 Å². The lowest BCUT2D eigenvalue weighted by Crippen LogP contribution is -2.35. The third-order valence-electron chi connectivity index (χ3n) is 13.2. The van der Waals surface area contributed by atoms with Crippen LogP contribution in [0.1, 0.15) is 63.8 Å². The number of ether oxygens (including phenoxy) is 1. The van der Waals surface area contributed by atoms with E-state index < -0.39 is 0 Å². The lowest BCUT2D eigenvalue weighted by Gasteiger charge is -2.17. The number of methoxy groups -OCH3 is 1. The molecule has 86 heavy (non-hydrogen) atoms. The number of nitrogen functional groups attached to an aromatic ring is 14. The van der Waals surface area contributed by atoms with Crippen LogP contribution in [-0.4, -0.2) is 65.2 Å². The predicted octanol–water partition coefficient (Wildman–Crippen LogP) is 6.38. The number of para-hydroxylation sites is 1. The molecule has 35 N–H and O–H groups in total. The number of nitrogens with two attached hydrogens (primary N) is 17. The lowest BCUT2D eigenvalue weighted by atomic mass is 10.0. The Bertz CT molecular complexity index is 3100. The van der Waals surface area contributed by atoms with Crippen LogP contribution in [0.5, 0.6) is 5.75 Å². The van der Waals surface area contributed by atoms with Gasteiger partial charge in [0.25, 0.3) is 0 Å². The third kappa shape index (κ3) is 28.6. The fourth-order valence-electron chi connectivity index (χ4n) is 7.81. The Morgan fingerprint density at radius 1 is 0.453 bits per heavy atom. The van der Waals surface area contributed by atoms with Gasteiger partial charge in [0.15, 0.2) is 0 Å². The molecular weight excluding hydrogens is 1080 g/mol. The number of likely N-dealkylation sites (tertiary alicyclic amines) is 1. The van der Waals surface area contributed by atoms with Crippen LogP contribution < -0.4 is 108 Å². The maximum atomic E-state index is 5.84. The molecule has 2 saturated heterocycles. The van der Waals surface area contributed by atoms with Gasteiger partial charge in [-0.15, -0.1) is 0 Å². The molecule has 1 atom stereocenters. The average Bonchev–Trinajstić information content (AvgIpc) is 4.03. The zero-order valence-electron chi connectivity index (χ0n) is 51.2. The Balaban J connectivity index is 0.000000332. The highest BCUT2D eigenvalue weighted by Gasteiger charge is 2.18. The van der Waals surface area contributed by atoms with Crippen LogP contribution in [0.25, 0.3) is 0 Å². The Hall–Kier alpha value is -9.65. The minimum absolute atomic E-state index is 0.0417. The van der Waals surface area contributed by atoms with Crippen LogP contribution in [0.15, 0.2) is 133 Å². The van der Waals surface area contributed by atoms with E-state index in [0.29, 0.717) is 41.4 Å². The number of benzene rings is 7. The standard InChI is InChI=1S/C11H16N2.C9H14N2.C8H12N2.C7H10N2O.2C7H10N2.C6H8N2.C5H12N2.C3H6N6/c12-11-6-7-13(9-11)8-10-4-2-1-3-5-10;1-5-4-6(2)9(11)7(3)8(5)10;1-5-3-8(10)6(2)4-7(5)9;1-10-5-2-3-6(8)7(9)4-5;1-5-2-3-6(8)4-7(5)9;8-5-6-3-1-2-4-7(6)9;7-5-2-1-3-6(8)4-5;6-5-1-3-7-4-2-5;4-1-7-2(5)9-3(6)8-1/h1-5,11H,6-9,12H2;4H,10-11H2,1-3H3;3-4H,9-10H2,1-2H3;2-4H,8-9H2,1H3;2-4H,8-9H2,1H3;1-4H,5,8-9H2;1-4H,7-8H2;5,7H,1-4,6H2;(H6,4,5,6,7,8,9). The number of aromatic nitrogens is 3. The number of nitrogens with zero attached hydrogens (tertiary/aromatic N) is 4. The van der Waals surface area contributed by atoms with Crippen molar-refractivity contribution in [2.24, 2.45) is 17.2 Å². The quantitative estimate of drug-likeness (QED) is 0.0850. The van der Waals surface area contributed by atoms with Gasteiger partial charge in [0.05, 0.1) is 18.5 Å². The molecule has 0 spiro atoms. The van der Waals surface area contributed by atoms with E-state index in [1.807, 2.05) is 102 Å². The summed E-state index contributed by atoms with van der Waals surface area (Å²) in [6.45, 7) is 17.8. The van der Waals surface area contributed by atoms with Crippen molar-refractivity contribution in [1.82, 2.24) is 25.2 Å². The fourth-order valence-corrected chi connectivity index (χ4v) is 7.81. The largest absolute Gasteiger partial charge is 0.497 e. The molecule has 10 rings (SSSR count). The van der Waals surface area contributed by atoms with E-state index in [9.17, 15) is 0 Å². The Morgan fingerprint density at radius 3 is 1.35 bits per heavy atom. The molecule has 0 aliphatic carbocycles. The Labute approximate surface area is 508 Å². The van der Waals surface area contributed by atoms with Gasteiger partial charge >= 0.3 is 0 Å². The summed E-state index contributed by atoms with van der Waals surface area (Å²) in [6, 6.07) is 42.7. The predicted molar refractivity (Wildman–Crippen MR) is 368 cm³/mol. The van der Waals surface area contributed by atoms with E-state index >= 15 is 0 Å². The Morgan fingerprint density at radius 2 is 0.953 bits per heavy atom. The zero-order chi connectivity index (χ0) is 64.5. The molecule has 3 heterocycles. The number of piperidine rings is 1. The van der Waals surface area contributed by atoms with Gasteiger partial charge in [-0.1, -0.05) is 66.7 Å². The molecule has 0 bridgehead atoms. The van der Waals surface area contributed by atoms with E-state index in [-0.39, 0.29) is 17.8 Å². The molecule has 7 aromatic carbocycles. The summed E-state index contributed by atoms with van der Waals surface area (Å²) in [6.07, 6.45) is 3.45. The average molecular weight is 1180 g/mol. The number of hydrogen-bond acceptors (Lipinski definition) is 23. The maximum absolute atomic E-state index is 5.84. The number of aryl methyl sites for hydroxylation is 5. The van der Waals surface area contributed by atoms with Crippen LogP contribution in [0.4, 0.5) is 80.4 Å².